The number of aliphatic hydroxyl groups excluding tert-OH is 3. The smallest absolute Gasteiger partial charge is 0.397 e. The van der Waals surface area contributed by atoms with E-state index >= 15 is 0 Å². The summed E-state index contributed by atoms with van der Waals surface area (Å²) in [5.74, 6) is -0.435. The van der Waals surface area contributed by atoms with Crippen LogP contribution < -0.4 is 0 Å². The quantitative estimate of drug-likeness (QED) is 0.0202. The van der Waals surface area contributed by atoms with Crippen LogP contribution in [0.2, 0.25) is 0 Å². The second kappa shape index (κ2) is 38.0. The largest absolute Gasteiger partial charge is 0.457 e. The van der Waals surface area contributed by atoms with Crippen LogP contribution in [0.1, 0.15) is 142 Å². The second-order valence-electron chi connectivity index (χ2n) is 14.9. The first-order valence-electron chi connectivity index (χ1n) is 22.3. The molecule has 60 heavy (non-hydrogen) atoms. The lowest BCUT2D eigenvalue weighted by atomic mass is 9.99. The third-order valence-corrected chi connectivity index (χ3v) is 9.97. The Bertz CT molecular complexity index is 1370. The fourth-order valence-electron chi connectivity index (χ4n) is 6.15. The highest BCUT2D eigenvalue weighted by molar-refractivity contribution is 7.80. The van der Waals surface area contributed by atoms with Crippen molar-refractivity contribution in [2.24, 2.45) is 0 Å². The van der Waals surface area contributed by atoms with Gasteiger partial charge < -0.3 is 34.3 Å². The van der Waals surface area contributed by atoms with Crippen LogP contribution in [-0.4, -0.2) is 97.5 Å². The summed E-state index contributed by atoms with van der Waals surface area (Å²) >= 11 is 0. The SMILES string of the molecule is CC/C=C\C/C=C\C/C=C\C/C=C\CCCOCC(COC1OC(CO)C(O)C(OS(=O)(=O)O)C1O)OC(=O)CCCCCCCC/C=C\C/C=C\C/C=C\CCCCC. The van der Waals surface area contributed by atoms with E-state index in [2.05, 4.69) is 103 Å². The van der Waals surface area contributed by atoms with E-state index in [1.807, 2.05) is 0 Å². The number of hydrogen-bond donors (Lipinski definition) is 4. The zero-order valence-corrected chi connectivity index (χ0v) is 37.3. The molecule has 6 atom stereocenters. The lowest BCUT2D eigenvalue weighted by molar-refractivity contribution is -0.301. The van der Waals surface area contributed by atoms with Crippen molar-refractivity contribution < 1.29 is 56.2 Å². The molecule has 0 saturated carbocycles. The van der Waals surface area contributed by atoms with E-state index in [-0.39, 0.29) is 19.6 Å². The van der Waals surface area contributed by atoms with Crippen LogP contribution in [0.25, 0.3) is 0 Å². The summed E-state index contributed by atoms with van der Waals surface area (Å²) in [5.41, 5.74) is 0. The van der Waals surface area contributed by atoms with Crippen LogP contribution in [0.3, 0.4) is 0 Å². The Hall–Kier alpha value is -2.72. The van der Waals surface area contributed by atoms with Gasteiger partial charge in [0.2, 0.25) is 0 Å². The molecular weight excluding hydrogens is 789 g/mol. The standard InChI is InChI=1S/C47H78O12S/c1-3-5-7-9-11-13-15-17-19-20-21-22-23-24-26-28-30-32-34-36-43(49)57-41(39-55-37-35-33-31-29-27-25-18-16-14-12-10-8-6-4-2)40-56-47-45(51)46(59-60(52,53)54)44(50)42(38-48)58-47/h6,8,11-14,17-19,21-22,25,29,31,41-42,44-48,50-51H,3-5,7,9-10,15-16,20,23-24,26-28,30,32-40H2,1-2H3,(H,52,53,54)/b8-6-,13-11-,14-12-,19-17-,22-21-,25-18-,31-29-. The van der Waals surface area contributed by atoms with Gasteiger partial charge in [0.15, 0.2) is 6.29 Å². The van der Waals surface area contributed by atoms with E-state index in [1.54, 1.807) is 0 Å². The van der Waals surface area contributed by atoms with Crippen LogP contribution >= 0.6 is 0 Å². The molecule has 1 saturated heterocycles. The predicted octanol–water partition coefficient (Wildman–Crippen LogP) is 9.29. The number of unbranched alkanes of at least 4 members (excludes halogenated alkanes) is 10. The first-order valence-corrected chi connectivity index (χ1v) is 23.7. The molecule has 0 aliphatic carbocycles. The first kappa shape index (κ1) is 55.3. The fourth-order valence-corrected chi connectivity index (χ4v) is 6.66. The summed E-state index contributed by atoms with van der Waals surface area (Å²) in [6, 6.07) is 0. The van der Waals surface area contributed by atoms with Gasteiger partial charge in [0.25, 0.3) is 0 Å². The number of carbonyl (C=O) groups excluding carboxylic acids is 1. The highest BCUT2D eigenvalue weighted by atomic mass is 32.3. The van der Waals surface area contributed by atoms with Crippen molar-refractivity contribution in [1.29, 1.82) is 0 Å². The van der Waals surface area contributed by atoms with Gasteiger partial charge in [0.1, 0.15) is 30.5 Å². The Labute approximate surface area is 362 Å². The third kappa shape index (κ3) is 31.2. The van der Waals surface area contributed by atoms with Gasteiger partial charge in [0, 0.05) is 13.0 Å². The molecule has 0 spiro atoms. The van der Waals surface area contributed by atoms with E-state index in [4.69, 9.17) is 23.5 Å². The van der Waals surface area contributed by atoms with E-state index in [0.29, 0.717) is 13.0 Å². The van der Waals surface area contributed by atoms with Gasteiger partial charge in [-0.05, 0) is 83.5 Å². The molecule has 1 aliphatic rings. The maximum absolute atomic E-state index is 12.8. The van der Waals surface area contributed by atoms with Gasteiger partial charge in [-0.1, -0.05) is 137 Å². The van der Waals surface area contributed by atoms with E-state index < -0.39 is 59.8 Å². The van der Waals surface area contributed by atoms with Gasteiger partial charge in [-0.2, -0.15) is 8.42 Å². The molecule has 1 fully saturated rings. The summed E-state index contributed by atoms with van der Waals surface area (Å²) in [6.45, 7) is 3.66. The zero-order valence-electron chi connectivity index (χ0n) is 36.5. The average Bonchev–Trinajstić information content (AvgIpc) is 3.22. The fraction of sp³-hybridized carbons (Fsp3) is 0.681. The lowest BCUT2D eigenvalue weighted by Gasteiger charge is -2.41. The molecule has 6 unspecified atom stereocenters. The van der Waals surface area contributed by atoms with Crippen molar-refractivity contribution in [2.45, 2.75) is 179 Å². The molecule has 4 N–H and O–H groups in total. The van der Waals surface area contributed by atoms with E-state index in [9.17, 15) is 28.5 Å². The lowest BCUT2D eigenvalue weighted by Crippen LogP contribution is -2.60. The first-order chi connectivity index (χ1) is 29.1. The minimum Gasteiger partial charge on any atom is -0.457 e. The van der Waals surface area contributed by atoms with Crippen molar-refractivity contribution in [3.63, 3.8) is 0 Å². The van der Waals surface area contributed by atoms with E-state index in [1.165, 1.54) is 25.7 Å². The molecule has 1 heterocycles. The number of ether oxygens (including phenoxy) is 4. The van der Waals surface area contributed by atoms with Crippen molar-refractivity contribution in [1.82, 2.24) is 0 Å². The van der Waals surface area contributed by atoms with Crippen LogP contribution in [-0.2, 0) is 38.3 Å². The van der Waals surface area contributed by atoms with Crippen molar-refractivity contribution >= 4 is 16.4 Å². The molecule has 0 radical (unpaired) electrons. The molecule has 0 amide bonds. The summed E-state index contributed by atoms with van der Waals surface area (Å²) in [4.78, 5) is 12.8. The number of hydrogen-bond acceptors (Lipinski definition) is 11. The molecule has 13 heteroatoms. The van der Waals surface area contributed by atoms with Crippen LogP contribution in [0.15, 0.2) is 85.1 Å². The summed E-state index contributed by atoms with van der Waals surface area (Å²) in [6.07, 6.45) is 40.5. The van der Waals surface area contributed by atoms with Gasteiger partial charge in [-0.25, -0.2) is 4.18 Å². The van der Waals surface area contributed by atoms with Gasteiger partial charge in [-0.3, -0.25) is 9.35 Å². The Morgan fingerprint density at radius 3 is 1.68 bits per heavy atom. The molecule has 0 aromatic carbocycles. The van der Waals surface area contributed by atoms with Crippen LogP contribution in [0.5, 0.6) is 0 Å². The number of rotatable bonds is 37. The van der Waals surface area contributed by atoms with E-state index in [0.717, 1.165) is 89.9 Å². The van der Waals surface area contributed by atoms with Gasteiger partial charge in [0.05, 0.1) is 19.8 Å². The molecular formula is C47H78O12S. The van der Waals surface area contributed by atoms with Gasteiger partial charge >= 0.3 is 16.4 Å². The van der Waals surface area contributed by atoms with Crippen molar-refractivity contribution in [3.05, 3.63) is 85.1 Å². The molecule has 0 bridgehead atoms. The molecule has 0 aromatic rings. The van der Waals surface area contributed by atoms with Crippen molar-refractivity contribution in [3.8, 4) is 0 Å². The zero-order chi connectivity index (χ0) is 43.9. The van der Waals surface area contributed by atoms with Gasteiger partial charge in [-0.15, -0.1) is 0 Å². The normalized spacial score (nSPS) is 21.1. The highest BCUT2D eigenvalue weighted by Gasteiger charge is 2.48. The number of esters is 1. The van der Waals surface area contributed by atoms with Crippen LogP contribution in [0, 0.1) is 0 Å². The predicted molar refractivity (Wildman–Crippen MR) is 239 cm³/mol. The molecule has 344 valence electrons. The molecule has 12 nitrogen and oxygen atoms in total. The summed E-state index contributed by atoms with van der Waals surface area (Å²) in [7, 11) is -5.07. The number of carbonyl (C=O) groups is 1. The van der Waals surface area contributed by atoms with Crippen molar-refractivity contribution in [2.75, 3.05) is 26.4 Å². The van der Waals surface area contributed by atoms with Crippen LogP contribution in [0.4, 0.5) is 0 Å². The average molecular weight is 867 g/mol. The monoisotopic (exact) mass is 867 g/mol. The second-order valence-corrected chi connectivity index (χ2v) is 15.9. The minimum atomic E-state index is -5.07. The molecule has 1 aliphatic heterocycles. The molecule has 0 aromatic heterocycles. The Balaban J connectivity index is 2.48. The molecule has 1 rings (SSSR count). The number of allylic oxidation sites excluding steroid dienone is 14. The minimum absolute atomic E-state index is 0.0129. The highest BCUT2D eigenvalue weighted by Crippen LogP contribution is 2.26. The Morgan fingerprint density at radius 1 is 0.650 bits per heavy atom. The number of aliphatic hydroxyl groups is 3. The summed E-state index contributed by atoms with van der Waals surface area (Å²) in [5, 5.41) is 30.6. The topological polar surface area (TPSA) is 178 Å². The third-order valence-electron chi connectivity index (χ3n) is 9.50. The Kier molecular flexibility index (Phi) is 35.0. The maximum Gasteiger partial charge on any atom is 0.397 e. The Morgan fingerprint density at radius 2 is 1.15 bits per heavy atom. The maximum atomic E-state index is 12.8. The summed E-state index contributed by atoms with van der Waals surface area (Å²) < 4.78 is 58.9.